The molecule has 294 valence electrons. The van der Waals surface area contributed by atoms with E-state index in [1.165, 1.54) is 0 Å². The largest absolute Gasteiger partial charge is 0.456 e. The Kier molecular flexibility index (Phi) is 7.84. The van der Waals surface area contributed by atoms with Gasteiger partial charge in [-0.25, -0.2) is 9.97 Å². The van der Waals surface area contributed by atoms with E-state index >= 15 is 0 Å². The molecular weight excluding hydrogens is 773 g/mol. The van der Waals surface area contributed by atoms with Gasteiger partial charge in [0.2, 0.25) is 0 Å². The summed E-state index contributed by atoms with van der Waals surface area (Å²) >= 11 is 0. The van der Waals surface area contributed by atoms with Crippen molar-refractivity contribution < 1.29 is 13.3 Å². The van der Waals surface area contributed by atoms with Gasteiger partial charge in [0.1, 0.15) is 33.5 Å². The van der Waals surface area contributed by atoms with E-state index in [0.717, 1.165) is 127 Å². The summed E-state index contributed by atoms with van der Waals surface area (Å²) in [6, 6.07) is 71.7. The summed E-state index contributed by atoms with van der Waals surface area (Å²) in [6.45, 7) is 0. The maximum Gasteiger partial charge on any atom is 0.160 e. The van der Waals surface area contributed by atoms with Crippen LogP contribution >= 0.6 is 0 Å². The second kappa shape index (κ2) is 14.0. The van der Waals surface area contributed by atoms with Crippen LogP contribution in [0.25, 0.3) is 133 Å². The first-order valence-corrected chi connectivity index (χ1v) is 21.1. The number of nitrogens with zero attached hydrogens (tertiary/aromatic N) is 2. The van der Waals surface area contributed by atoms with E-state index < -0.39 is 0 Å². The van der Waals surface area contributed by atoms with E-state index in [4.69, 9.17) is 23.2 Å². The molecule has 4 aromatic heterocycles. The summed E-state index contributed by atoms with van der Waals surface area (Å²) in [5.41, 5.74) is 16.4. The molecule has 0 atom stereocenters. The third kappa shape index (κ3) is 5.93. The van der Waals surface area contributed by atoms with Crippen molar-refractivity contribution in [3.05, 3.63) is 206 Å². The normalized spacial score (nSPS) is 11.8. The molecule has 0 radical (unpaired) electrons. The van der Waals surface area contributed by atoms with Crippen LogP contribution in [0.5, 0.6) is 0 Å². The molecule has 0 spiro atoms. The van der Waals surface area contributed by atoms with Crippen molar-refractivity contribution in [3.63, 3.8) is 0 Å². The highest BCUT2D eigenvalue weighted by Crippen LogP contribution is 2.41. The lowest BCUT2D eigenvalue weighted by molar-refractivity contribution is 0.668. The summed E-state index contributed by atoms with van der Waals surface area (Å²) in [5, 5.41) is 6.57. The van der Waals surface area contributed by atoms with E-state index in [1.54, 1.807) is 0 Å². The predicted octanol–water partition coefficient (Wildman–Crippen LogP) is 16.2. The molecule has 9 aromatic carbocycles. The maximum absolute atomic E-state index is 6.28. The van der Waals surface area contributed by atoms with Crippen molar-refractivity contribution in [1.29, 1.82) is 0 Å². The minimum Gasteiger partial charge on any atom is -0.456 e. The van der Waals surface area contributed by atoms with Crippen LogP contribution in [-0.2, 0) is 0 Å². The maximum atomic E-state index is 6.28. The van der Waals surface area contributed by atoms with Gasteiger partial charge in [0.15, 0.2) is 5.82 Å². The van der Waals surface area contributed by atoms with E-state index in [1.807, 2.05) is 54.6 Å². The topological polar surface area (TPSA) is 65.2 Å². The zero-order chi connectivity index (χ0) is 41.4. The molecule has 0 aliphatic heterocycles. The van der Waals surface area contributed by atoms with E-state index in [9.17, 15) is 0 Å². The number of fused-ring (bicyclic) bond motifs is 9. The molecule has 0 bridgehead atoms. The summed E-state index contributed by atoms with van der Waals surface area (Å²) in [6.07, 6.45) is 0. The zero-order valence-corrected chi connectivity index (χ0v) is 33.7. The lowest BCUT2D eigenvalue weighted by Crippen LogP contribution is -1.97. The van der Waals surface area contributed by atoms with Crippen LogP contribution < -0.4 is 0 Å². The molecule has 0 N–H and O–H groups in total. The molecule has 5 heteroatoms. The van der Waals surface area contributed by atoms with Crippen molar-refractivity contribution >= 4 is 65.8 Å². The van der Waals surface area contributed by atoms with Crippen molar-refractivity contribution in [2.75, 3.05) is 0 Å². The van der Waals surface area contributed by atoms with E-state index in [2.05, 4.69) is 152 Å². The van der Waals surface area contributed by atoms with Crippen LogP contribution in [0, 0.1) is 0 Å². The number of benzene rings is 9. The Morgan fingerprint density at radius 2 is 0.651 bits per heavy atom. The first kappa shape index (κ1) is 35.2. The molecular formula is C58H34N2O3. The van der Waals surface area contributed by atoms with Crippen molar-refractivity contribution in [2.45, 2.75) is 0 Å². The Balaban J connectivity index is 0.975. The fourth-order valence-corrected chi connectivity index (χ4v) is 9.17. The highest BCUT2D eigenvalue weighted by molar-refractivity contribution is 6.09. The second-order valence-electron chi connectivity index (χ2n) is 16.1. The third-order valence-corrected chi connectivity index (χ3v) is 12.3. The second-order valence-corrected chi connectivity index (χ2v) is 16.1. The SMILES string of the molecule is c1ccc(-c2nc(-c3ccc(-c4ccc5oc6ccccc6c5c4)cc3)cc(-c3ccc(-c4ccc5oc6ccccc6c5c4)cc3-c3ccc4oc5ccccc5c4c3)n2)cc1. The molecule has 0 unspecified atom stereocenters. The molecule has 0 aliphatic carbocycles. The highest BCUT2D eigenvalue weighted by atomic mass is 16.3. The minimum atomic E-state index is 0.660. The summed E-state index contributed by atoms with van der Waals surface area (Å²) in [4.78, 5) is 10.5. The Morgan fingerprint density at radius 3 is 1.24 bits per heavy atom. The number of hydrogen-bond acceptors (Lipinski definition) is 5. The Hall–Kier alpha value is -8.54. The van der Waals surface area contributed by atoms with Crippen molar-refractivity contribution in [1.82, 2.24) is 9.97 Å². The molecule has 13 aromatic rings. The molecule has 0 amide bonds. The van der Waals surface area contributed by atoms with Crippen LogP contribution in [0.1, 0.15) is 0 Å². The van der Waals surface area contributed by atoms with E-state index in [-0.39, 0.29) is 0 Å². The summed E-state index contributed by atoms with van der Waals surface area (Å²) < 4.78 is 18.6. The van der Waals surface area contributed by atoms with Gasteiger partial charge in [0, 0.05) is 49.0 Å². The van der Waals surface area contributed by atoms with Crippen LogP contribution in [0.2, 0.25) is 0 Å². The number of aromatic nitrogens is 2. The van der Waals surface area contributed by atoms with Crippen molar-refractivity contribution in [2.24, 2.45) is 0 Å². The molecule has 0 saturated heterocycles. The quantitative estimate of drug-likeness (QED) is 0.167. The van der Waals surface area contributed by atoms with Crippen LogP contribution in [-0.4, -0.2) is 9.97 Å². The van der Waals surface area contributed by atoms with Gasteiger partial charge in [-0.2, -0.15) is 0 Å². The van der Waals surface area contributed by atoms with E-state index in [0.29, 0.717) is 5.82 Å². The molecule has 0 fully saturated rings. The number of para-hydroxylation sites is 3. The van der Waals surface area contributed by atoms with Gasteiger partial charge in [-0.05, 0) is 100 Å². The molecule has 13 rings (SSSR count). The zero-order valence-electron chi connectivity index (χ0n) is 33.7. The predicted molar refractivity (Wildman–Crippen MR) is 256 cm³/mol. The van der Waals surface area contributed by atoms with Gasteiger partial charge in [-0.15, -0.1) is 0 Å². The Bertz CT molecular complexity index is 3910. The van der Waals surface area contributed by atoms with Crippen LogP contribution in [0.4, 0.5) is 0 Å². The van der Waals surface area contributed by atoms with Gasteiger partial charge in [0.25, 0.3) is 0 Å². The average molecular weight is 807 g/mol. The fourth-order valence-electron chi connectivity index (χ4n) is 9.17. The van der Waals surface area contributed by atoms with Crippen molar-refractivity contribution in [3.8, 4) is 67.3 Å². The Morgan fingerprint density at radius 1 is 0.238 bits per heavy atom. The Labute approximate surface area is 361 Å². The van der Waals surface area contributed by atoms with Crippen LogP contribution in [0.15, 0.2) is 220 Å². The monoisotopic (exact) mass is 806 g/mol. The molecule has 0 aliphatic rings. The van der Waals surface area contributed by atoms with Gasteiger partial charge in [-0.3, -0.25) is 0 Å². The first-order valence-electron chi connectivity index (χ1n) is 21.1. The molecule has 4 heterocycles. The fraction of sp³-hybridized carbons (Fsp3) is 0. The van der Waals surface area contributed by atoms with Gasteiger partial charge >= 0.3 is 0 Å². The summed E-state index contributed by atoms with van der Waals surface area (Å²) in [5.74, 6) is 0.660. The average Bonchev–Trinajstić information content (AvgIpc) is 4.04. The molecule has 5 nitrogen and oxygen atoms in total. The number of hydrogen-bond donors (Lipinski definition) is 0. The third-order valence-electron chi connectivity index (χ3n) is 12.3. The molecule has 63 heavy (non-hydrogen) atoms. The van der Waals surface area contributed by atoms with Gasteiger partial charge in [0.05, 0.1) is 11.4 Å². The number of furan rings is 3. The van der Waals surface area contributed by atoms with Gasteiger partial charge < -0.3 is 13.3 Å². The lowest BCUT2D eigenvalue weighted by atomic mass is 9.91. The first-order chi connectivity index (χ1) is 31.2. The summed E-state index contributed by atoms with van der Waals surface area (Å²) in [7, 11) is 0. The number of rotatable bonds is 6. The van der Waals surface area contributed by atoms with Crippen LogP contribution in [0.3, 0.4) is 0 Å². The highest BCUT2D eigenvalue weighted by Gasteiger charge is 2.18. The lowest BCUT2D eigenvalue weighted by Gasteiger charge is -2.15. The molecule has 0 saturated carbocycles. The minimum absolute atomic E-state index is 0.660. The standard InChI is InChI=1S/C58H34N2O3/c1-2-10-37(11-3-1)58-59-50(36-20-18-35(19-21-36)38-23-27-55-47(31-38)43-12-4-7-15-52(43)61-55)34-51(60-58)42-26-22-39(40-24-28-56-48(32-40)44-13-5-8-16-53(44)62-56)30-46(42)41-25-29-57-49(33-41)45-14-6-9-17-54(45)63-57/h1-34H. The smallest absolute Gasteiger partial charge is 0.160 e. The van der Waals surface area contributed by atoms with Gasteiger partial charge in [-0.1, -0.05) is 140 Å².